The van der Waals surface area contributed by atoms with Crippen LogP contribution < -0.4 is 11.0 Å². The summed E-state index contributed by atoms with van der Waals surface area (Å²) in [7, 11) is 0. The van der Waals surface area contributed by atoms with Crippen LogP contribution in [-0.2, 0) is 0 Å². The summed E-state index contributed by atoms with van der Waals surface area (Å²) in [5, 5.41) is 1.75. The lowest BCUT2D eigenvalue weighted by Gasteiger charge is -2.34. The van der Waals surface area contributed by atoms with E-state index in [1.807, 2.05) is 0 Å². The maximum Gasteiger partial charge on any atom is 0.123 e. The van der Waals surface area contributed by atoms with Crippen LogP contribution >= 0.6 is 0 Å². The monoisotopic (exact) mass is 245 g/mol. The van der Waals surface area contributed by atoms with E-state index in [9.17, 15) is 0 Å². The predicted octanol–water partition coefficient (Wildman–Crippen LogP) is 2.65. The van der Waals surface area contributed by atoms with Crippen LogP contribution in [0.15, 0.2) is 30.3 Å². The minimum Gasteiger partial charge on any atom is -0.326 e. The molecule has 2 nitrogen and oxygen atoms in total. The Balaban J connectivity index is 1.60. The molecule has 1 saturated carbocycles. The largest absolute Gasteiger partial charge is 0.326 e. The van der Waals surface area contributed by atoms with E-state index in [1.165, 1.54) is 31.2 Å². The van der Waals surface area contributed by atoms with Gasteiger partial charge in [0.15, 0.2) is 0 Å². The van der Waals surface area contributed by atoms with Crippen molar-refractivity contribution >= 4 is 0 Å². The third kappa shape index (κ3) is 2.45. The first-order valence-corrected chi connectivity index (χ1v) is 7.32. The number of hydrogen-bond donors (Lipinski definition) is 2. The molecule has 98 valence electrons. The highest BCUT2D eigenvalue weighted by Gasteiger charge is 2.33. The molecule has 1 aliphatic heterocycles. The second-order valence-electron chi connectivity index (χ2n) is 5.87. The molecule has 1 aromatic carbocycles. The molecule has 3 rings (SSSR count). The minimum absolute atomic E-state index is 0.218. The van der Waals surface area contributed by atoms with Gasteiger partial charge in [-0.3, -0.25) is 0 Å². The zero-order valence-electron chi connectivity index (χ0n) is 12.0. The zero-order chi connectivity index (χ0) is 13.2. The van der Waals surface area contributed by atoms with Crippen LogP contribution in [0.1, 0.15) is 43.6 Å². The molecule has 0 bridgehead atoms. The molecule has 18 heavy (non-hydrogen) atoms. The molecule has 2 fully saturated rings. The fraction of sp³-hybridized carbons (Fsp3) is 0.625. The summed E-state index contributed by atoms with van der Waals surface area (Å²) in [4.78, 5) is 0. The van der Waals surface area contributed by atoms with Gasteiger partial charge in [0, 0.05) is 12.1 Å². The van der Waals surface area contributed by atoms with E-state index >= 15 is 0 Å². The Morgan fingerprint density at radius 3 is 2.39 bits per heavy atom. The van der Waals surface area contributed by atoms with E-state index in [4.69, 9.17) is 7.15 Å². The Morgan fingerprint density at radius 2 is 1.78 bits per heavy atom. The number of nitrogens with two attached hydrogens (primary N) is 1. The topological polar surface area (TPSA) is 38.0 Å². The molecular weight excluding hydrogens is 220 g/mol. The van der Waals surface area contributed by atoms with E-state index < -0.39 is 0 Å². The van der Waals surface area contributed by atoms with Crippen LogP contribution in [0.5, 0.6) is 0 Å². The molecule has 1 unspecified atom stereocenters. The van der Waals surface area contributed by atoms with Crippen LogP contribution in [-0.4, -0.2) is 18.6 Å². The van der Waals surface area contributed by atoms with Gasteiger partial charge in [-0.25, -0.2) is 0 Å². The van der Waals surface area contributed by atoms with Crippen LogP contribution in [0.3, 0.4) is 0 Å². The molecule has 0 aromatic heterocycles. The van der Waals surface area contributed by atoms with Crippen LogP contribution in [0.25, 0.3) is 0 Å². The molecule has 1 aliphatic carbocycles. The Labute approximate surface area is 111 Å². The lowest BCUT2D eigenvalue weighted by atomic mass is 9.75. The molecule has 3 N–H and O–H groups in total. The summed E-state index contributed by atoms with van der Waals surface area (Å²) in [6, 6.07) is 11.4. The van der Waals surface area contributed by atoms with Crippen LogP contribution in [0.4, 0.5) is 0 Å². The van der Waals surface area contributed by atoms with Crippen molar-refractivity contribution in [2.24, 2.45) is 11.7 Å². The average Bonchev–Trinajstić information content (AvgIpc) is 2.79. The third-order valence-corrected chi connectivity index (χ3v) is 4.77. The van der Waals surface area contributed by atoms with Crippen molar-refractivity contribution in [2.75, 3.05) is 6.54 Å². The summed E-state index contributed by atoms with van der Waals surface area (Å²) in [6.07, 6.45) is 5.96. The first-order chi connectivity index (χ1) is 9.25. The lowest BCUT2D eigenvalue weighted by Crippen LogP contribution is -2.43. The van der Waals surface area contributed by atoms with E-state index in [0.29, 0.717) is 17.9 Å². The Bertz CT molecular complexity index is 390. The molecule has 2 atom stereocenters. The van der Waals surface area contributed by atoms with Crippen molar-refractivity contribution in [3.8, 4) is 0 Å². The zero-order valence-corrected chi connectivity index (χ0v) is 11.0. The van der Waals surface area contributed by atoms with Gasteiger partial charge in [-0.05, 0) is 56.0 Å². The van der Waals surface area contributed by atoms with E-state index in [-0.39, 0.29) is 6.04 Å². The highest BCUT2D eigenvalue weighted by atomic mass is 15.0. The number of hydrogen-bond acceptors (Lipinski definition) is 2. The summed E-state index contributed by atoms with van der Waals surface area (Å²) >= 11 is 0. The summed E-state index contributed by atoms with van der Waals surface area (Å²) in [5.74, 6) is 1.35. The fourth-order valence-corrected chi connectivity index (χ4v) is 3.70. The van der Waals surface area contributed by atoms with Crippen LogP contribution in [0.2, 0.25) is 1.41 Å². The normalized spacial score (nSPS) is 38.6. The van der Waals surface area contributed by atoms with Gasteiger partial charge in [0.05, 0.1) is 0 Å². The fourth-order valence-electron chi connectivity index (χ4n) is 3.70. The van der Waals surface area contributed by atoms with Crippen molar-refractivity contribution in [2.45, 2.75) is 50.1 Å². The molecule has 0 spiro atoms. The first-order valence-electron chi connectivity index (χ1n) is 7.76. The van der Waals surface area contributed by atoms with Crippen LogP contribution in [0, 0.1) is 5.92 Å². The van der Waals surface area contributed by atoms with Gasteiger partial charge in [0.2, 0.25) is 0 Å². The smallest absolute Gasteiger partial charge is 0.123 e. The van der Waals surface area contributed by atoms with Gasteiger partial charge >= 0.3 is 0 Å². The SMILES string of the molecule is [2H]N1CCC(N)[C@H]1C1CCC(c2ccccc2)CC1. The van der Waals surface area contributed by atoms with Crippen molar-refractivity contribution < 1.29 is 1.41 Å². The second-order valence-corrected chi connectivity index (χ2v) is 5.87. The Kier molecular flexibility index (Phi) is 3.31. The molecule has 2 heteroatoms. The number of rotatable bonds is 2. The number of nitrogens with one attached hydrogen (secondary N) is 1. The van der Waals surface area contributed by atoms with Gasteiger partial charge in [-0.15, -0.1) is 0 Å². The molecule has 1 aromatic rings. The van der Waals surface area contributed by atoms with Gasteiger partial charge in [0.25, 0.3) is 0 Å². The van der Waals surface area contributed by atoms with Crippen molar-refractivity contribution in [1.29, 1.82) is 0 Å². The summed E-state index contributed by atoms with van der Waals surface area (Å²) in [6.45, 7) is 0.852. The van der Waals surface area contributed by atoms with Crippen molar-refractivity contribution in [1.82, 2.24) is 5.31 Å². The molecule has 2 aliphatic rings. The standard InChI is InChI=1S/C16H24N2/c17-15-10-11-18-16(15)14-8-6-13(7-9-14)12-4-2-1-3-5-12/h1-5,13-16,18H,6-11,17H2/t13?,14?,15?,16-/m1/s1/i/hD. The molecule has 0 radical (unpaired) electrons. The molecular formula is C16H24N2. The number of benzene rings is 1. The van der Waals surface area contributed by atoms with Gasteiger partial charge in [0.1, 0.15) is 1.41 Å². The maximum absolute atomic E-state index is 8.02. The summed E-state index contributed by atoms with van der Waals surface area (Å²) < 4.78 is 8.02. The minimum atomic E-state index is 0.218. The quantitative estimate of drug-likeness (QED) is 0.840. The highest BCUT2D eigenvalue weighted by molar-refractivity contribution is 5.20. The van der Waals surface area contributed by atoms with E-state index in [0.717, 1.165) is 13.0 Å². The van der Waals surface area contributed by atoms with Crippen molar-refractivity contribution in [3.63, 3.8) is 0 Å². The van der Waals surface area contributed by atoms with Gasteiger partial charge in [-0.1, -0.05) is 30.3 Å². The third-order valence-electron chi connectivity index (χ3n) is 4.77. The summed E-state index contributed by atoms with van der Waals surface area (Å²) in [5.41, 5.74) is 7.67. The van der Waals surface area contributed by atoms with Gasteiger partial charge in [-0.2, -0.15) is 0 Å². The first kappa shape index (κ1) is 11.0. The Hall–Kier alpha value is -0.860. The molecule has 1 saturated heterocycles. The average molecular weight is 245 g/mol. The highest BCUT2D eigenvalue weighted by Crippen LogP contribution is 2.38. The maximum atomic E-state index is 8.02. The van der Waals surface area contributed by atoms with E-state index in [1.54, 1.807) is 5.31 Å². The second kappa shape index (κ2) is 5.41. The Morgan fingerprint density at radius 1 is 1.06 bits per heavy atom. The van der Waals surface area contributed by atoms with Gasteiger partial charge < -0.3 is 11.0 Å². The molecule has 0 amide bonds. The predicted molar refractivity (Wildman–Crippen MR) is 75.5 cm³/mol. The lowest BCUT2D eigenvalue weighted by molar-refractivity contribution is 0.255. The van der Waals surface area contributed by atoms with E-state index in [2.05, 4.69) is 30.3 Å². The van der Waals surface area contributed by atoms with Crippen molar-refractivity contribution in [3.05, 3.63) is 35.9 Å². The molecule has 1 heterocycles.